The molecule has 1 atom stereocenters. The molecule has 0 aromatic heterocycles. The van der Waals surface area contributed by atoms with E-state index in [1.165, 1.54) is 12.1 Å². The Hall–Kier alpha value is 0.234. The van der Waals surface area contributed by atoms with Gasteiger partial charge in [-0.15, -0.1) is 5.41 Å². The summed E-state index contributed by atoms with van der Waals surface area (Å²) in [5.41, 5.74) is 0.473. The van der Waals surface area contributed by atoms with Crippen molar-refractivity contribution in [1.29, 1.82) is 0 Å². The maximum absolute atomic E-state index is 10.9. The predicted octanol–water partition coefficient (Wildman–Crippen LogP) is 2.43. The van der Waals surface area contributed by atoms with Crippen molar-refractivity contribution in [3.63, 3.8) is 0 Å². The van der Waals surface area contributed by atoms with Gasteiger partial charge in [-0.05, 0) is 12.1 Å². The molecule has 0 aliphatic rings. The summed E-state index contributed by atoms with van der Waals surface area (Å²) in [6.07, 6.45) is 0.794. The zero-order chi connectivity index (χ0) is 11.7. The normalized spacial score (nSPS) is 15.0. The van der Waals surface area contributed by atoms with Crippen molar-refractivity contribution in [2.75, 3.05) is 0 Å². The Labute approximate surface area is 122 Å². The van der Waals surface area contributed by atoms with Crippen molar-refractivity contribution in [1.82, 2.24) is 0 Å². The molecule has 0 bridgehead atoms. The number of hydrogen-bond donors (Lipinski definition) is 1. The van der Waals surface area contributed by atoms with Crippen molar-refractivity contribution in [3.05, 3.63) is 36.8 Å². The second kappa shape index (κ2) is 5.72. The van der Waals surface area contributed by atoms with E-state index in [-0.39, 0.29) is 43.0 Å². The third-order valence-corrected chi connectivity index (χ3v) is 3.46. The van der Waals surface area contributed by atoms with Crippen LogP contribution in [-0.4, -0.2) is 13.0 Å². The average molecular weight is 316 g/mol. The Morgan fingerprint density at radius 1 is 1.44 bits per heavy atom. The van der Waals surface area contributed by atoms with E-state index in [0.717, 1.165) is 12.0 Å². The Bertz CT molecular complexity index is 452. The number of benzene rings is 1. The molecule has 3 nitrogen and oxygen atoms in total. The summed E-state index contributed by atoms with van der Waals surface area (Å²) in [4.78, 5) is -0.0803. The molecule has 0 aliphatic carbocycles. The molecular weight excluding hydrogens is 301 g/mol. The molecule has 0 saturated heterocycles. The monoisotopic (exact) mass is 316 g/mol. The van der Waals surface area contributed by atoms with Gasteiger partial charge in [0.1, 0.15) is 0 Å². The van der Waals surface area contributed by atoms with Crippen LogP contribution in [0.4, 0.5) is 0 Å². The first-order chi connectivity index (χ1) is 6.77. The number of rotatable bonds is 3. The molecule has 1 N–H and O–H groups in total. The Morgan fingerprint density at radius 3 is 2.44 bits per heavy atom. The minimum absolute atomic E-state index is 0. The second-order valence-electron chi connectivity index (χ2n) is 3.92. The molecule has 0 spiro atoms. The van der Waals surface area contributed by atoms with Crippen LogP contribution in [-0.2, 0) is 48.2 Å². The molecule has 5 heteroatoms. The molecule has 1 rings (SSSR count). The average Bonchev–Trinajstić information content (AvgIpc) is 2.17. The standard InChI is InChI=1S/C11H15O3S.Y/c1-4-11(2,3)9-6-5-7-10(8-9)15(12,13)14;/h5-8H,2,4H2,1,3H3,(H,12,13,14);/q-1;. The SMILES string of the molecule is [CH2-]C(C)(CC)c1cccc(S(=O)(=O)O)c1.[Y]. The third kappa shape index (κ3) is 3.91. The van der Waals surface area contributed by atoms with Crippen molar-refractivity contribution in [2.24, 2.45) is 0 Å². The van der Waals surface area contributed by atoms with Crippen molar-refractivity contribution in [3.8, 4) is 0 Å². The zero-order valence-corrected chi connectivity index (χ0v) is 13.1. The van der Waals surface area contributed by atoms with Crippen LogP contribution in [0.3, 0.4) is 0 Å². The third-order valence-electron chi connectivity index (χ3n) is 2.61. The zero-order valence-electron chi connectivity index (χ0n) is 9.47. The van der Waals surface area contributed by atoms with Gasteiger partial charge in [0.05, 0.1) is 4.90 Å². The molecule has 1 unspecified atom stereocenters. The second-order valence-corrected chi connectivity index (χ2v) is 5.34. The fourth-order valence-corrected chi connectivity index (χ4v) is 1.76. The Morgan fingerprint density at radius 2 is 2.00 bits per heavy atom. The van der Waals surface area contributed by atoms with Gasteiger partial charge in [0.15, 0.2) is 0 Å². The van der Waals surface area contributed by atoms with Gasteiger partial charge < -0.3 is 6.92 Å². The maximum atomic E-state index is 10.9. The van der Waals surface area contributed by atoms with E-state index in [1.54, 1.807) is 6.07 Å². The molecule has 0 amide bonds. The molecule has 16 heavy (non-hydrogen) atoms. The minimum Gasteiger partial charge on any atom is -0.333 e. The van der Waals surface area contributed by atoms with E-state index in [1.807, 2.05) is 19.9 Å². The summed E-state index contributed by atoms with van der Waals surface area (Å²) in [6.45, 7) is 7.91. The van der Waals surface area contributed by atoms with Crippen LogP contribution in [0, 0.1) is 6.92 Å². The van der Waals surface area contributed by atoms with E-state index < -0.39 is 10.1 Å². The first-order valence-electron chi connectivity index (χ1n) is 4.71. The smallest absolute Gasteiger partial charge is 0.294 e. The molecule has 87 valence electrons. The van der Waals surface area contributed by atoms with Gasteiger partial charge in [0, 0.05) is 32.7 Å². The van der Waals surface area contributed by atoms with Crippen LogP contribution in [0.1, 0.15) is 25.8 Å². The van der Waals surface area contributed by atoms with E-state index in [0.29, 0.717) is 0 Å². The van der Waals surface area contributed by atoms with Gasteiger partial charge in [-0.2, -0.15) is 8.42 Å². The first-order valence-corrected chi connectivity index (χ1v) is 6.15. The molecule has 1 aromatic rings. The van der Waals surface area contributed by atoms with Gasteiger partial charge in [0.25, 0.3) is 10.1 Å². The molecule has 1 radical (unpaired) electrons. The van der Waals surface area contributed by atoms with E-state index in [4.69, 9.17) is 4.55 Å². The van der Waals surface area contributed by atoms with Crippen LogP contribution in [0.5, 0.6) is 0 Å². The molecular formula is C11H15O3SY-. The summed E-state index contributed by atoms with van der Waals surface area (Å²) in [5, 5.41) is 0. The number of hydrogen-bond acceptors (Lipinski definition) is 2. The quantitative estimate of drug-likeness (QED) is 0.688. The Kier molecular flexibility index (Phi) is 5.80. The maximum Gasteiger partial charge on any atom is 0.294 e. The van der Waals surface area contributed by atoms with Crippen LogP contribution in [0.25, 0.3) is 0 Å². The molecule has 1 aromatic carbocycles. The van der Waals surface area contributed by atoms with E-state index in [9.17, 15) is 8.42 Å². The van der Waals surface area contributed by atoms with Gasteiger partial charge in [-0.25, -0.2) is 0 Å². The minimum atomic E-state index is -4.12. The van der Waals surface area contributed by atoms with Crippen LogP contribution in [0.15, 0.2) is 29.2 Å². The molecule has 0 aliphatic heterocycles. The van der Waals surface area contributed by atoms with Gasteiger partial charge >= 0.3 is 0 Å². The van der Waals surface area contributed by atoms with Crippen molar-refractivity contribution >= 4 is 10.1 Å². The predicted molar refractivity (Wildman–Crippen MR) is 59.3 cm³/mol. The topological polar surface area (TPSA) is 54.4 Å². The Balaban J connectivity index is 0.00000225. The van der Waals surface area contributed by atoms with Crippen LogP contribution >= 0.6 is 0 Å². The van der Waals surface area contributed by atoms with E-state index in [2.05, 4.69) is 6.92 Å². The molecule has 0 saturated carbocycles. The summed E-state index contributed by atoms with van der Waals surface area (Å²) in [7, 11) is -4.12. The fraction of sp³-hybridized carbons (Fsp3) is 0.364. The summed E-state index contributed by atoms with van der Waals surface area (Å²) >= 11 is 0. The van der Waals surface area contributed by atoms with Crippen LogP contribution in [0.2, 0.25) is 0 Å². The van der Waals surface area contributed by atoms with E-state index >= 15 is 0 Å². The summed E-state index contributed by atoms with van der Waals surface area (Å²) in [6, 6.07) is 6.25. The summed E-state index contributed by atoms with van der Waals surface area (Å²) < 4.78 is 30.8. The molecule has 0 heterocycles. The fourth-order valence-electron chi connectivity index (χ4n) is 1.24. The molecule has 0 fully saturated rings. The first kappa shape index (κ1) is 16.2. The van der Waals surface area contributed by atoms with Crippen molar-refractivity contribution in [2.45, 2.75) is 30.6 Å². The van der Waals surface area contributed by atoms with Gasteiger partial charge in [0.2, 0.25) is 0 Å². The van der Waals surface area contributed by atoms with Crippen molar-refractivity contribution < 1.29 is 45.7 Å². The summed E-state index contributed by atoms with van der Waals surface area (Å²) in [5.74, 6) is 0. The largest absolute Gasteiger partial charge is 0.333 e. The van der Waals surface area contributed by atoms with Crippen LogP contribution < -0.4 is 0 Å². The van der Waals surface area contributed by atoms with Gasteiger partial charge in [-0.1, -0.05) is 38.0 Å². The van der Waals surface area contributed by atoms with Gasteiger partial charge in [-0.3, -0.25) is 4.55 Å².